The van der Waals surface area contributed by atoms with Crippen molar-refractivity contribution in [2.75, 3.05) is 12.3 Å². The molecule has 12 nitrogen and oxygen atoms in total. The van der Waals surface area contributed by atoms with Gasteiger partial charge in [0.05, 0.1) is 12.5 Å². The SMILES string of the molecule is NCCCCC(NC(=O)C(Cc1ccccc1)NC(=O)C(N)CS)C(=O)NC(CC(N)=O)C(=O)O. The number of carboxylic acid groups (broad SMARTS) is 1. The number of aliphatic carboxylic acids is 1. The predicted molar refractivity (Wildman–Crippen MR) is 132 cm³/mol. The lowest BCUT2D eigenvalue weighted by atomic mass is 10.0. The minimum atomic E-state index is -1.55. The fourth-order valence-corrected chi connectivity index (χ4v) is 3.29. The number of primary amides is 1. The Balaban J connectivity index is 3.08. The van der Waals surface area contributed by atoms with Crippen LogP contribution in [0.1, 0.15) is 31.2 Å². The molecule has 13 heteroatoms. The van der Waals surface area contributed by atoms with Gasteiger partial charge in [0, 0.05) is 12.2 Å². The molecule has 0 saturated heterocycles. The number of rotatable bonds is 16. The van der Waals surface area contributed by atoms with Crippen LogP contribution in [-0.4, -0.2) is 71.2 Å². The summed E-state index contributed by atoms with van der Waals surface area (Å²) in [5.41, 5.74) is 17.1. The zero-order valence-corrected chi connectivity index (χ0v) is 20.2. The minimum Gasteiger partial charge on any atom is -0.480 e. The van der Waals surface area contributed by atoms with Gasteiger partial charge >= 0.3 is 5.97 Å². The number of benzene rings is 1. The van der Waals surface area contributed by atoms with Crippen LogP contribution in [0.4, 0.5) is 0 Å². The Hall–Kier alpha value is -3.16. The summed E-state index contributed by atoms with van der Waals surface area (Å²) in [4.78, 5) is 60.9. The molecule has 0 aliphatic carbocycles. The summed E-state index contributed by atoms with van der Waals surface area (Å²) < 4.78 is 0. The molecule has 1 aromatic carbocycles. The first-order valence-corrected chi connectivity index (χ1v) is 11.7. The molecule has 4 unspecified atom stereocenters. The fourth-order valence-electron chi connectivity index (χ4n) is 3.13. The second-order valence-electron chi connectivity index (χ2n) is 7.96. The van der Waals surface area contributed by atoms with Crippen LogP contribution in [0, 0.1) is 0 Å². The Morgan fingerprint density at radius 2 is 1.46 bits per heavy atom. The van der Waals surface area contributed by atoms with Gasteiger partial charge in [0.2, 0.25) is 23.6 Å². The first-order valence-electron chi connectivity index (χ1n) is 11.1. The largest absolute Gasteiger partial charge is 0.480 e. The molecule has 0 bridgehead atoms. The number of carbonyl (C=O) groups is 5. The van der Waals surface area contributed by atoms with Crippen LogP contribution >= 0.6 is 12.6 Å². The second-order valence-corrected chi connectivity index (χ2v) is 8.32. The molecule has 0 saturated carbocycles. The molecule has 35 heavy (non-hydrogen) atoms. The van der Waals surface area contributed by atoms with E-state index in [0.29, 0.717) is 19.4 Å². The Morgan fingerprint density at radius 3 is 2.00 bits per heavy atom. The predicted octanol–water partition coefficient (Wildman–Crippen LogP) is -1.97. The third-order valence-corrected chi connectivity index (χ3v) is 5.44. The lowest BCUT2D eigenvalue weighted by Gasteiger charge is -2.25. The van der Waals surface area contributed by atoms with Crippen LogP contribution in [-0.2, 0) is 30.4 Å². The Bertz CT molecular complexity index is 871. The van der Waals surface area contributed by atoms with Crippen molar-refractivity contribution in [1.29, 1.82) is 0 Å². The number of carbonyl (C=O) groups excluding carboxylic acids is 4. The van der Waals surface area contributed by atoms with Gasteiger partial charge in [-0.05, 0) is 31.4 Å². The average Bonchev–Trinajstić information content (AvgIpc) is 2.82. The molecule has 0 radical (unpaired) electrons. The van der Waals surface area contributed by atoms with E-state index < -0.39 is 60.2 Å². The van der Waals surface area contributed by atoms with Crippen molar-refractivity contribution in [3.8, 4) is 0 Å². The van der Waals surface area contributed by atoms with Gasteiger partial charge in [-0.1, -0.05) is 30.3 Å². The maximum atomic E-state index is 13.2. The molecule has 1 aromatic rings. The fraction of sp³-hybridized carbons (Fsp3) is 0.500. The Kier molecular flexibility index (Phi) is 13.4. The maximum absolute atomic E-state index is 13.2. The van der Waals surface area contributed by atoms with Crippen LogP contribution in [0.5, 0.6) is 0 Å². The lowest BCUT2D eigenvalue weighted by Crippen LogP contribution is -2.58. The van der Waals surface area contributed by atoms with E-state index in [1.807, 2.05) is 0 Å². The zero-order valence-electron chi connectivity index (χ0n) is 19.3. The molecule has 0 aromatic heterocycles. The highest BCUT2D eigenvalue weighted by atomic mass is 32.1. The maximum Gasteiger partial charge on any atom is 0.326 e. The molecule has 1 rings (SSSR count). The van der Waals surface area contributed by atoms with Crippen LogP contribution in [0.3, 0.4) is 0 Å². The van der Waals surface area contributed by atoms with E-state index in [0.717, 1.165) is 5.56 Å². The second kappa shape index (κ2) is 15.7. The molecule has 0 aliphatic rings. The number of unbranched alkanes of at least 4 members (excludes halogenated alkanes) is 1. The smallest absolute Gasteiger partial charge is 0.326 e. The molecule has 4 amide bonds. The van der Waals surface area contributed by atoms with Crippen LogP contribution in [0.2, 0.25) is 0 Å². The monoisotopic (exact) mass is 510 g/mol. The molecule has 0 spiro atoms. The average molecular weight is 511 g/mol. The molecule has 0 heterocycles. The molecule has 0 aliphatic heterocycles. The van der Waals surface area contributed by atoms with E-state index in [9.17, 15) is 29.1 Å². The highest BCUT2D eigenvalue weighted by Gasteiger charge is 2.30. The molecule has 10 N–H and O–H groups in total. The standard InChI is InChI=1S/C22H34N6O6S/c23-9-5-4-8-15(20(31)28-17(22(33)34)11-18(25)29)26-21(32)16(27-19(30)14(24)12-35)10-13-6-2-1-3-7-13/h1-3,6-7,14-17,35H,4-5,8-12,23-24H2,(H2,25,29)(H,26,32)(H,27,30)(H,28,31)(H,33,34). The van der Waals surface area contributed by atoms with Gasteiger partial charge in [-0.15, -0.1) is 0 Å². The quantitative estimate of drug-likeness (QED) is 0.0918. The van der Waals surface area contributed by atoms with E-state index in [1.54, 1.807) is 30.3 Å². The Morgan fingerprint density at radius 1 is 0.886 bits per heavy atom. The van der Waals surface area contributed by atoms with Gasteiger partial charge in [-0.25, -0.2) is 4.79 Å². The summed E-state index contributed by atoms with van der Waals surface area (Å²) in [5, 5.41) is 16.7. The number of nitrogens with one attached hydrogen (secondary N) is 3. The highest BCUT2D eigenvalue weighted by molar-refractivity contribution is 7.80. The Labute approximate surface area is 209 Å². The van der Waals surface area contributed by atoms with E-state index in [2.05, 4.69) is 28.6 Å². The third-order valence-electron chi connectivity index (χ3n) is 5.05. The molecular formula is C22H34N6O6S. The van der Waals surface area contributed by atoms with Crippen molar-refractivity contribution in [1.82, 2.24) is 16.0 Å². The van der Waals surface area contributed by atoms with Crippen molar-refractivity contribution in [2.24, 2.45) is 17.2 Å². The number of hydrogen-bond acceptors (Lipinski definition) is 8. The number of thiol groups is 1. The van der Waals surface area contributed by atoms with Crippen molar-refractivity contribution in [3.63, 3.8) is 0 Å². The topological polar surface area (TPSA) is 220 Å². The molecule has 0 fully saturated rings. The summed E-state index contributed by atoms with van der Waals surface area (Å²) in [6.07, 6.45) is 0.680. The molecule has 4 atom stereocenters. The normalized spacial score (nSPS) is 14.1. The highest BCUT2D eigenvalue weighted by Crippen LogP contribution is 2.07. The van der Waals surface area contributed by atoms with E-state index in [-0.39, 0.29) is 18.6 Å². The summed E-state index contributed by atoms with van der Waals surface area (Å²) in [5.74, 6) is -4.35. The summed E-state index contributed by atoms with van der Waals surface area (Å²) in [7, 11) is 0. The van der Waals surface area contributed by atoms with E-state index >= 15 is 0 Å². The lowest BCUT2D eigenvalue weighted by molar-refractivity contribution is -0.143. The van der Waals surface area contributed by atoms with Gasteiger partial charge in [0.15, 0.2) is 0 Å². The number of carboxylic acids is 1. The molecular weight excluding hydrogens is 476 g/mol. The van der Waals surface area contributed by atoms with Gasteiger partial charge in [-0.3, -0.25) is 19.2 Å². The summed E-state index contributed by atoms with van der Waals surface area (Å²) in [6.45, 7) is 0.357. The van der Waals surface area contributed by atoms with Crippen molar-refractivity contribution >= 4 is 42.2 Å². The van der Waals surface area contributed by atoms with Gasteiger partial charge in [-0.2, -0.15) is 12.6 Å². The van der Waals surface area contributed by atoms with Crippen molar-refractivity contribution in [2.45, 2.75) is 56.3 Å². The number of nitrogens with two attached hydrogens (primary N) is 3. The number of hydrogen-bond donors (Lipinski definition) is 8. The van der Waals surface area contributed by atoms with Crippen LogP contribution in [0.25, 0.3) is 0 Å². The van der Waals surface area contributed by atoms with E-state index in [4.69, 9.17) is 17.2 Å². The zero-order chi connectivity index (χ0) is 26.4. The van der Waals surface area contributed by atoms with Crippen LogP contribution in [0.15, 0.2) is 30.3 Å². The summed E-state index contributed by atoms with van der Waals surface area (Å²) >= 11 is 4.00. The van der Waals surface area contributed by atoms with Gasteiger partial charge in [0.1, 0.15) is 18.1 Å². The summed E-state index contributed by atoms with van der Waals surface area (Å²) in [6, 6.07) is 4.20. The van der Waals surface area contributed by atoms with Gasteiger partial charge in [0.25, 0.3) is 0 Å². The minimum absolute atomic E-state index is 0.0616. The van der Waals surface area contributed by atoms with Crippen LogP contribution < -0.4 is 33.2 Å². The van der Waals surface area contributed by atoms with Crippen molar-refractivity contribution < 1.29 is 29.1 Å². The first kappa shape index (κ1) is 29.9. The first-order chi connectivity index (χ1) is 16.6. The number of amides is 4. The third kappa shape index (κ3) is 11.2. The van der Waals surface area contributed by atoms with E-state index in [1.165, 1.54) is 0 Å². The molecule has 194 valence electrons. The van der Waals surface area contributed by atoms with Crippen molar-refractivity contribution in [3.05, 3.63) is 35.9 Å². The van der Waals surface area contributed by atoms with Gasteiger partial charge < -0.3 is 38.3 Å².